The van der Waals surface area contributed by atoms with Crippen LogP contribution in [0.4, 0.5) is 4.39 Å². The number of hydrogen-bond donors (Lipinski definition) is 1. The van der Waals surface area contributed by atoms with E-state index in [2.05, 4.69) is 10.3 Å². The molecule has 2 heterocycles. The van der Waals surface area contributed by atoms with Crippen LogP contribution in [0.15, 0.2) is 18.2 Å². The molecular weight excluding hydrogens is 273 g/mol. The van der Waals surface area contributed by atoms with Crippen LogP contribution >= 0.6 is 0 Å². The first-order valence-corrected chi connectivity index (χ1v) is 7.19. The molecule has 6 heteroatoms. The molecule has 0 spiro atoms. The highest BCUT2D eigenvalue weighted by atomic mass is 19.1. The Kier molecular flexibility index (Phi) is 4.88. The molecule has 0 radical (unpaired) electrons. The first-order valence-electron chi connectivity index (χ1n) is 7.19. The van der Waals surface area contributed by atoms with Gasteiger partial charge in [0.1, 0.15) is 5.69 Å². The number of nitrogens with one attached hydrogen (secondary N) is 1. The van der Waals surface area contributed by atoms with E-state index < -0.39 is 5.95 Å². The van der Waals surface area contributed by atoms with Crippen LogP contribution in [0, 0.1) is 11.9 Å². The normalized spacial score (nSPS) is 16.1. The molecule has 5 nitrogen and oxygen atoms in total. The zero-order valence-corrected chi connectivity index (χ0v) is 12.3. The summed E-state index contributed by atoms with van der Waals surface area (Å²) >= 11 is 0. The second-order valence-electron chi connectivity index (χ2n) is 5.58. The molecule has 2 rings (SSSR count). The van der Waals surface area contributed by atoms with Gasteiger partial charge in [0.2, 0.25) is 11.9 Å². The number of hydrogen-bond acceptors (Lipinski definition) is 3. The van der Waals surface area contributed by atoms with Crippen molar-refractivity contribution in [3.05, 3.63) is 29.8 Å². The molecule has 1 aliphatic rings. The van der Waals surface area contributed by atoms with Crippen molar-refractivity contribution in [2.45, 2.75) is 32.7 Å². The number of piperidine rings is 1. The van der Waals surface area contributed by atoms with Crippen molar-refractivity contribution < 1.29 is 14.0 Å². The molecule has 1 aromatic heterocycles. The number of rotatable bonds is 3. The van der Waals surface area contributed by atoms with E-state index in [0.717, 1.165) is 0 Å². The predicted molar refractivity (Wildman–Crippen MR) is 76.1 cm³/mol. The monoisotopic (exact) mass is 293 g/mol. The standard InChI is InChI=1S/C15H20FN3O2/c1-10(2)14(20)17-11-6-8-19(9-7-11)15(21)12-4-3-5-13(16)18-12/h3-5,10-11H,6-9H2,1-2H3,(H,17,20). The minimum absolute atomic E-state index is 0.0339. The summed E-state index contributed by atoms with van der Waals surface area (Å²) in [6, 6.07) is 4.30. The number of carbonyl (C=O) groups is 2. The number of carbonyl (C=O) groups excluding carboxylic acids is 2. The minimum Gasteiger partial charge on any atom is -0.353 e. The van der Waals surface area contributed by atoms with E-state index in [9.17, 15) is 14.0 Å². The number of pyridine rings is 1. The van der Waals surface area contributed by atoms with Crippen molar-refractivity contribution in [3.8, 4) is 0 Å². The molecule has 1 fully saturated rings. The van der Waals surface area contributed by atoms with Gasteiger partial charge >= 0.3 is 0 Å². The summed E-state index contributed by atoms with van der Waals surface area (Å²) in [4.78, 5) is 29.1. The van der Waals surface area contributed by atoms with Gasteiger partial charge in [-0.15, -0.1) is 0 Å². The van der Waals surface area contributed by atoms with E-state index in [4.69, 9.17) is 0 Å². The molecule has 1 saturated heterocycles. The SMILES string of the molecule is CC(C)C(=O)NC1CCN(C(=O)c2cccc(F)n2)CC1. The minimum atomic E-state index is -0.653. The lowest BCUT2D eigenvalue weighted by molar-refractivity contribution is -0.124. The van der Waals surface area contributed by atoms with E-state index in [0.29, 0.717) is 25.9 Å². The Hall–Kier alpha value is -1.98. The average molecular weight is 293 g/mol. The number of likely N-dealkylation sites (tertiary alicyclic amines) is 1. The van der Waals surface area contributed by atoms with Gasteiger partial charge in [-0.3, -0.25) is 9.59 Å². The molecule has 1 aromatic rings. The summed E-state index contributed by atoms with van der Waals surface area (Å²) in [6.45, 7) is 4.79. The molecule has 0 atom stereocenters. The van der Waals surface area contributed by atoms with Crippen LogP contribution in [0.3, 0.4) is 0 Å². The van der Waals surface area contributed by atoms with E-state index >= 15 is 0 Å². The molecule has 0 saturated carbocycles. The second kappa shape index (κ2) is 6.65. The first-order chi connectivity index (χ1) is 9.97. The van der Waals surface area contributed by atoms with Crippen molar-refractivity contribution in [3.63, 3.8) is 0 Å². The third-order valence-corrected chi connectivity index (χ3v) is 3.59. The zero-order valence-electron chi connectivity index (χ0n) is 12.3. The van der Waals surface area contributed by atoms with Gasteiger partial charge in [0, 0.05) is 25.0 Å². The second-order valence-corrected chi connectivity index (χ2v) is 5.58. The first kappa shape index (κ1) is 15.4. The van der Waals surface area contributed by atoms with Crippen LogP contribution in [0.5, 0.6) is 0 Å². The summed E-state index contributed by atoms with van der Waals surface area (Å²) in [7, 11) is 0. The van der Waals surface area contributed by atoms with Crippen LogP contribution in [0.1, 0.15) is 37.2 Å². The van der Waals surface area contributed by atoms with E-state index in [1.807, 2.05) is 13.8 Å². The van der Waals surface area contributed by atoms with Gasteiger partial charge in [0.05, 0.1) is 0 Å². The Morgan fingerprint density at radius 2 is 2.00 bits per heavy atom. The Balaban J connectivity index is 1.89. The van der Waals surface area contributed by atoms with Crippen molar-refractivity contribution in [2.24, 2.45) is 5.92 Å². The number of amides is 2. The van der Waals surface area contributed by atoms with Crippen LogP contribution in [0.25, 0.3) is 0 Å². The highest BCUT2D eigenvalue weighted by Gasteiger charge is 2.25. The third kappa shape index (κ3) is 4.00. The maximum Gasteiger partial charge on any atom is 0.272 e. The van der Waals surface area contributed by atoms with E-state index in [1.165, 1.54) is 18.2 Å². The summed E-state index contributed by atoms with van der Waals surface area (Å²) in [5, 5.41) is 2.97. The van der Waals surface area contributed by atoms with Crippen LogP contribution < -0.4 is 5.32 Å². The molecule has 0 aromatic carbocycles. The van der Waals surface area contributed by atoms with Gasteiger partial charge in [-0.1, -0.05) is 19.9 Å². The number of nitrogens with zero attached hydrogens (tertiary/aromatic N) is 2. The Morgan fingerprint density at radius 1 is 1.33 bits per heavy atom. The summed E-state index contributed by atoms with van der Waals surface area (Å²) in [5.74, 6) is -0.921. The van der Waals surface area contributed by atoms with Gasteiger partial charge in [-0.2, -0.15) is 4.39 Å². The summed E-state index contributed by atoms with van der Waals surface area (Å²) in [5.41, 5.74) is 0.125. The van der Waals surface area contributed by atoms with E-state index in [1.54, 1.807) is 4.90 Å². The highest BCUT2D eigenvalue weighted by Crippen LogP contribution is 2.14. The summed E-state index contributed by atoms with van der Waals surface area (Å²) < 4.78 is 13.0. The fraction of sp³-hybridized carbons (Fsp3) is 0.533. The van der Waals surface area contributed by atoms with Gasteiger partial charge in [-0.25, -0.2) is 4.98 Å². The number of aromatic nitrogens is 1. The zero-order chi connectivity index (χ0) is 15.4. The Morgan fingerprint density at radius 3 is 2.57 bits per heavy atom. The van der Waals surface area contributed by atoms with Crippen molar-refractivity contribution >= 4 is 11.8 Å². The summed E-state index contributed by atoms with van der Waals surface area (Å²) in [6.07, 6.45) is 1.42. The van der Waals surface area contributed by atoms with Crippen molar-refractivity contribution in [1.82, 2.24) is 15.2 Å². The topological polar surface area (TPSA) is 62.3 Å². The van der Waals surface area contributed by atoms with Crippen LogP contribution in [0.2, 0.25) is 0 Å². The van der Waals surface area contributed by atoms with Gasteiger partial charge in [-0.05, 0) is 25.0 Å². The van der Waals surface area contributed by atoms with Crippen molar-refractivity contribution in [2.75, 3.05) is 13.1 Å². The molecule has 21 heavy (non-hydrogen) atoms. The van der Waals surface area contributed by atoms with Gasteiger partial charge in [0.15, 0.2) is 0 Å². The maximum absolute atomic E-state index is 13.0. The van der Waals surface area contributed by atoms with Gasteiger partial charge in [0.25, 0.3) is 5.91 Å². The molecule has 1 N–H and O–H groups in total. The lowest BCUT2D eigenvalue weighted by atomic mass is 10.0. The Labute approximate surface area is 123 Å². The fourth-order valence-corrected chi connectivity index (χ4v) is 2.28. The van der Waals surface area contributed by atoms with Crippen LogP contribution in [-0.2, 0) is 4.79 Å². The third-order valence-electron chi connectivity index (χ3n) is 3.59. The fourth-order valence-electron chi connectivity index (χ4n) is 2.28. The predicted octanol–water partition coefficient (Wildman–Crippen LogP) is 1.60. The largest absolute Gasteiger partial charge is 0.353 e. The smallest absolute Gasteiger partial charge is 0.272 e. The van der Waals surface area contributed by atoms with Crippen molar-refractivity contribution in [1.29, 1.82) is 0 Å². The quantitative estimate of drug-likeness (QED) is 0.861. The molecule has 0 unspecified atom stereocenters. The van der Waals surface area contributed by atoms with E-state index in [-0.39, 0.29) is 29.5 Å². The molecule has 1 aliphatic heterocycles. The van der Waals surface area contributed by atoms with Crippen LogP contribution in [-0.4, -0.2) is 40.8 Å². The maximum atomic E-state index is 13.0. The lowest BCUT2D eigenvalue weighted by Gasteiger charge is -2.32. The van der Waals surface area contributed by atoms with Gasteiger partial charge < -0.3 is 10.2 Å². The lowest BCUT2D eigenvalue weighted by Crippen LogP contribution is -2.47. The number of halogens is 1. The molecular formula is C15H20FN3O2. The molecule has 114 valence electrons. The molecule has 0 aliphatic carbocycles. The highest BCUT2D eigenvalue weighted by molar-refractivity contribution is 5.92. The average Bonchev–Trinajstić information content (AvgIpc) is 2.47. The Bertz CT molecular complexity index is 525. The molecule has 2 amide bonds. The molecule has 0 bridgehead atoms.